The fourth-order valence-corrected chi connectivity index (χ4v) is 0.930. The van der Waals surface area contributed by atoms with E-state index in [0.29, 0.717) is 0 Å². The average molecular weight is 209 g/mol. The first kappa shape index (κ1) is 13.8. The van der Waals surface area contributed by atoms with Crippen molar-refractivity contribution in [3.63, 3.8) is 0 Å². The van der Waals surface area contributed by atoms with Crippen LogP contribution in [0.15, 0.2) is 4.52 Å². The standard InChI is InChI=1S/C2H8N2P2.BF4/c1-4(2)6-3-5;2-1(3,4)5/h5H2,1-2H3;/q;-1. The zero-order valence-electron chi connectivity index (χ0n) is 6.01. The van der Waals surface area contributed by atoms with E-state index in [1.807, 2.05) is 18.8 Å². The SMILES string of the molecule is CN(C)P=NP.F[B-](F)(F)F. The van der Waals surface area contributed by atoms with E-state index in [9.17, 15) is 17.3 Å². The molecule has 0 fully saturated rings. The first-order chi connectivity index (χ1) is 4.77. The van der Waals surface area contributed by atoms with Crippen LogP contribution >= 0.6 is 17.9 Å². The minimum Gasteiger partial charge on any atom is -0.418 e. The van der Waals surface area contributed by atoms with Crippen LogP contribution in [-0.4, -0.2) is 26.0 Å². The van der Waals surface area contributed by atoms with Crippen LogP contribution < -0.4 is 0 Å². The Balaban J connectivity index is 0. The van der Waals surface area contributed by atoms with Crippen molar-refractivity contribution in [2.75, 3.05) is 14.1 Å². The lowest BCUT2D eigenvalue weighted by atomic mass is 10.3. The third kappa shape index (κ3) is 65.6. The molecule has 0 aromatic heterocycles. The van der Waals surface area contributed by atoms with Crippen molar-refractivity contribution < 1.29 is 17.3 Å². The van der Waals surface area contributed by atoms with E-state index in [1.165, 1.54) is 0 Å². The van der Waals surface area contributed by atoms with Crippen LogP contribution in [0.4, 0.5) is 17.3 Å². The van der Waals surface area contributed by atoms with Crippen molar-refractivity contribution in [3.05, 3.63) is 0 Å². The molecule has 0 saturated heterocycles. The molecule has 0 heterocycles. The molecule has 11 heavy (non-hydrogen) atoms. The molecular formula is C2H8BF4N2P2-. The molecule has 1 atom stereocenters. The summed E-state index contributed by atoms with van der Waals surface area (Å²) < 4.78 is 44.7. The van der Waals surface area contributed by atoms with Gasteiger partial charge in [-0.3, -0.25) is 0 Å². The van der Waals surface area contributed by atoms with Gasteiger partial charge in [0.2, 0.25) is 0 Å². The Morgan fingerprint density at radius 2 is 1.55 bits per heavy atom. The van der Waals surface area contributed by atoms with Gasteiger partial charge in [0, 0.05) is 0 Å². The fraction of sp³-hybridized carbons (Fsp3) is 1.00. The van der Waals surface area contributed by atoms with Crippen molar-refractivity contribution in [1.29, 1.82) is 0 Å². The molecule has 0 aliphatic carbocycles. The number of halogens is 4. The van der Waals surface area contributed by atoms with Crippen LogP contribution in [0.3, 0.4) is 0 Å². The molecule has 2 nitrogen and oxygen atoms in total. The van der Waals surface area contributed by atoms with Crippen molar-refractivity contribution >= 4 is 25.2 Å². The van der Waals surface area contributed by atoms with Crippen molar-refractivity contribution in [3.8, 4) is 0 Å². The molecule has 0 radical (unpaired) electrons. The second-order valence-electron chi connectivity index (χ2n) is 1.55. The highest BCUT2D eigenvalue weighted by Gasteiger charge is 2.20. The fourth-order valence-electron chi connectivity index (χ4n) is 0.103. The Labute approximate surface area is 66.6 Å². The second-order valence-corrected chi connectivity index (χ2v) is 3.45. The predicted octanol–water partition coefficient (Wildman–Crippen LogP) is 2.68. The van der Waals surface area contributed by atoms with Gasteiger partial charge >= 0.3 is 7.25 Å². The molecule has 68 valence electrons. The summed E-state index contributed by atoms with van der Waals surface area (Å²) in [5.74, 6) is 0. The summed E-state index contributed by atoms with van der Waals surface area (Å²) >= 11 is 0. The lowest BCUT2D eigenvalue weighted by Gasteiger charge is -1.94. The highest BCUT2D eigenvalue weighted by atomic mass is 31.1. The van der Waals surface area contributed by atoms with E-state index in [1.54, 1.807) is 0 Å². The third-order valence-electron chi connectivity index (χ3n) is 0.231. The molecule has 0 rings (SSSR count). The molecule has 9 heteroatoms. The van der Waals surface area contributed by atoms with Crippen LogP contribution in [0.5, 0.6) is 0 Å². The largest absolute Gasteiger partial charge is 0.673 e. The first-order valence-electron chi connectivity index (χ1n) is 2.43. The monoisotopic (exact) mass is 209 g/mol. The number of nitrogens with zero attached hydrogens (tertiary/aromatic N) is 2. The maximum atomic E-state index is 9.75. The zero-order chi connectivity index (χ0) is 9.49. The summed E-state index contributed by atoms with van der Waals surface area (Å²) in [6.45, 7) is 0. The molecule has 0 aromatic rings. The van der Waals surface area contributed by atoms with E-state index in [2.05, 4.69) is 13.9 Å². The summed E-state index contributed by atoms with van der Waals surface area (Å²) in [6, 6.07) is 0. The molecule has 0 spiro atoms. The smallest absolute Gasteiger partial charge is 0.418 e. The van der Waals surface area contributed by atoms with Crippen LogP contribution in [0, 0.1) is 0 Å². The topological polar surface area (TPSA) is 15.6 Å². The first-order valence-corrected chi connectivity index (χ1v) is 3.74. The van der Waals surface area contributed by atoms with Crippen LogP contribution in [-0.2, 0) is 0 Å². The van der Waals surface area contributed by atoms with Gasteiger partial charge < -0.3 is 17.3 Å². The third-order valence-corrected chi connectivity index (χ3v) is 1.00. The minimum atomic E-state index is -6.00. The van der Waals surface area contributed by atoms with Gasteiger partial charge in [-0.05, 0) is 23.5 Å². The highest BCUT2D eigenvalue weighted by Crippen LogP contribution is 2.06. The van der Waals surface area contributed by atoms with Gasteiger partial charge in [-0.25, -0.2) is 9.19 Å². The number of rotatable bonds is 1. The van der Waals surface area contributed by atoms with Gasteiger partial charge in [0.1, 0.15) is 0 Å². The van der Waals surface area contributed by atoms with Gasteiger partial charge in [-0.2, -0.15) is 0 Å². The maximum absolute atomic E-state index is 9.75. The molecular weight excluding hydrogens is 201 g/mol. The second kappa shape index (κ2) is 6.95. The molecule has 1 unspecified atom stereocenters. The van der Waals surface area contributed by atoms with Crippen LogP contribution in [0.25, 0.3) is 0 Å². The summed E-state index contributed by atoms with van der Waals surface area (Å²) in [6.07, 6.45) is 0. The van der Waals surface area contributed by atoms with Crippen LogP contribution in [0.1, 0.15) is 0 Å². The zero-order valence-corrected chi connectivity index (χ0v) is 8.06. The number of hydrogen-bond donors (Lipinski definition) is 0. The molecule has 0 aliphatic rings. The van der Waals surface area contributed by atoms with E-state index >= 15 is 0 Å². The van der Waals surface area contributed by atoms with E-state index in [4.69, 9.17) is 0 Å². The van der Waals surface area contributed by atoms with Gasteiger partial charge in [0.05, 0.1) is 8.52 Å². The van der Waals surface area contributed by atoms with Crippen molar-refractivity contribution in [1.82, 2.24) is 4.67 Å². The lowest BCUT2D eigenvalue weighted by molar-refractivity contribution is 0.368. The van der Waals surface area contributed by atoms with Crippen molar-refractivity contribution in [2.45, 2.75) is 0 Å². The number of hydrogen-bond acceptors (Lipinski definition) is 1. The van der Waals surface area contributed by atoms with E-state index < -0.39 is 7.25 Å². The quantitative estimate of drug-likeness (QED) is 0.368. The molecule has 0 saturated carbocycles. The Hall–Kier alpha value is 0.275. The minimum absolute atomic E-state index is 1.00. The van der Waals surface area contributed by atoms with Crippen LogP contribution in [0.2, 0.25) is 0 Å². The summed E-state index contributed by atoms with van der Waals surface area (Å²) in [5.41, 5.74) is 0. The molecule has 0 bridgehead atoms. The molecule has 0 amide bonds. The maximum Gasteiger partial charge on any atom is 0.673 e. The predicted molar refractivity (Wildman–Crippen MR) is 42.9 cm³/mol. The Morgan fingerprint density at radius 3 is 1.55 bits per heavy atom. The van der Waals surface area contributed by atoms with Gasteiger partial charge in [0.25, 0.3) is 0 Å². The van der Waals surface area contributed by atoms with E-state index in [-0.39, 0.29) is 0 Å². The summed E-state index contributed by atoms with van der Waals surface area (Å²) in [7, 11) is 1.23. The van der Waals surface area contributed by atoms with E-state index in [0.717, 1.165) is 8.52 Å². The molecule has 0 N–H and O–H groups in total. The van der Waals surface area contributed by atoms with Gasteiger partial charge in [-0.1, -0.05) is 0 Å². The Kier molecular flexibility index (Phi) is 8.75. The normalized spacial score (nSPS) is 11.6. The molecule has 0 aliphatic heterocycles. The lowest BCUT2D eigenvalue weighted by Crippen LogP contribution is -2.02. The average Bonchev–Trinajstić information content (AvgIpc) is 1.58. The van der Waals surface area contributed by atoms with Crippen molar-refractivity contribution in [2.24, 2.45) is 4.52 Å². The van der Waals surface area contributed by atoms with Gasteiger partial charge in [-0.15, -0.1) is 0 Å². The summed E-state index contributed by atoms with van der Waals surface area (Å²) in [4.78, 5) is 0. The highest BCUT2D eigenvalue weighted by molar-refractivity contribution is 7.33. The molecule has 0 aromatic carbocycles. The Bertz CT molecular complexity index is 109. The Morgan fingerprint density at radius 1 is 1.27 bits per heavy atom. The summed E-state index contributed by atoms with van der Waals surface area (Å²) in [5, 5.41) is 0. The van der Waals surface area contributed by atoms with Gasteiger partial charge in [0.15, 0.2) is 0 Å².